The van der Waals surface area contributed by atoms with E-state index < -0.39 is 0 Å². The third kappa shape index (κ3) is 2.91. The van der Waals surface area contributed by atoms with Crippen molar-refractivity contribution in [2.24, 2.45) is 0 Å². The van der Waals surface area contributed by atoms with Crippen LogP contribution in [0.3, 0.4) is 0 Å². The molecule has 0 amide bonds. The monoisotopic (exact) mass is 263 g/mol. The molecular weight excluding hydrogens is 249 g/mol. The predicted octanol–water partition coefficient (Wildman–Crippen LogP) is 2.95. The van der Waals surface area contributed by atoms with Crippen molar-refractivity contribution in [2.45, 2.75) is 35.5 Å². The van der Waals surface area contributed by atoms with Gasteiger partial charge in [0.15, 0.2) is 5.16 Å². The maximum Gasteiger partial charge on any atom is 0.170 e. The Bertz CT molecular complexity index is 523. The molecule has 94 valence electrons. The second kappa shape index (κ2) is 5.12. The van der Waals surface area contributed by atoms with E-state index in [2.05, 4.69) is 15.3 Å². The van der Waals surface area contributed by atoms with Gasteiger partial charge in [-0.15, -0.1) is 0 Å². The molecule has 1 aromatic carbocycles. The number of benzene rings is 1. The SMILES string of the molecule is Fc1ccc(Sc2ncc[nH]2)c(CNC2CC2)c1. The number of hydrogen-bond acceptors (Lipinski definition) is 3. The summed E-state index contributed by atoms with van der Waals surface area (Å²) in [4.78, 5) is 8.26. The summed E-state index contributed by atoms with van der Waals surface area (Å²) in [6, 6.07) is 5.52. The highest BCUT2D eigenvalue weighted by molar-refractivity contribution is 7.99. The van der Waals surface area contributed by atoms with Crippen molar-refractivity contribution in [2.75, 3.05) is 0 Å². The van der Waals surface area contributed by atoms with Crippen molar-refractivity contribution in [3.8, 4) is 0 Å². The maximum atomic E-state index is 13.3. The van der Waals surface area contributed by atoms with E-state index >= 15 is 0 Å². The first-order valence-electron chi connectivity index (χ1n) is 6.00. The van der Waals surface area contributed by atoms with Gasteiger partial charge in [-0.25, -0.2) is 9.37 Å². The summed E-state index contributed by atoms with van der Waals surface area (Å²) in [5, 5.41) is 4.24. The first kappa shape index (κ1) is 11.7. The number of aromatic amines is 1. The zero-order chi connectivity index (χ0) is 12.4. The average molecular weight is 263 g/mol. The van der Waals surface area contributed by atoms with E-state index in [-0.39, 0.29) is 5.82 Å². The molecule has 1 heterocycles. The predicted molar refractivity (Wildman–Crippen MR) is 69.0 cm³/mol. The van der Waals surface area contributed by atoms with Gasteiger partial charge in [0, 0.05) is 29.9 Å². The minimum Gasteiger partial charge on any atom is -0.339 e. The first-order chi connectivity index (χ1) is 8.81. The van der Waals surface area contributed by atoms with Crippen LogP contribution < -0.4 is 5.32 Å². The lowest BCUT2D eigenvalue weighted by atomic mass is 10.2. The fourth-order valence-corrected chi connectivity index (χ4v) is 2.59. The Morgan fingerprint density at radius 1 is 1.44 bits per heavy atom. The summed E-state index contributed by atoms with van der Waals surface area (Å²) in [6.07, 6.45) is 5.97. The highest BCUT2D eigenvalue weighted by atomic mass is 32.2. The second-order valence-corrected chi connectivity index (χ2v) is 5.43. The van der Waals surface area contributed by atoms with Crippen LogP contribution in [0.2, 0.25) is 0 Å². The smallest absolute Gasteiger partial charge is 0.170 e. The normalized spacial score (nSPS) is 14.9. The van der Waals surface area contributed by atoms with Gasteiger partial charge >= 0.3 is 0 Å². The van der Waals surface area contributed by atoms with Crippen LogP contribution in [-0.2, 0) is 6.54 Å². The molecule has 1 aliphatic rings. The highest BCUT2D eigenvalue weighted by Gasteiger charge is 2.20. The molecule has 0 radical (unpaired) electrons. The van der Waals surface area contributed by atoms with Gasteiger partial charge in [0.2, 0.25) is 0 Å². The second-order valence-electron chi connectivity index (χ2n) is 4.40. The van der Waals surface area contributed by atoms with Crippen LogP contribution in [0.1, 0.15) is 18.4 Å². The molecule has 2 aromatic rings. The van der Waals surface area contributed by atoms with Crippen LogP contribution >= 0.6 is 11.8 Å². The molecule has 1 saturated carbocycles. The fraction of sp³-hybridized carbons (Fsp3) is 0.308. The quantitative estimate of drug-likeness (QED) is 0.871. The first-order valence-corrected chi connectivity index (χ1v) is 6.82. The van der Waals surface area contributed by atoms with Crippen LogP contribution in [0.15, 0.2) is 40.6 Å². The van der Waals surface area contributed by atoms with Crippen LogP contribution in [0, 0.1) is 5.82 Å². The topological polar surface area (TPSA) is 40.7 Å². The molecule has 0 aliphatic heterocycles. The molecule has 1 aliphatic carbocycles. The number of aromatic nitrogens is 2. The summed E-state index contributed by atoms with van der Waals surface area (Å²) in [6.45, 7) is 0.714. The Labute approximate surface area is 109 Å². The van der Waals surface area contributed by atoms with E-state index in [9.17, 15) is 4.39 Å². The van der Waals surface area contributed by atoms with Crippen molar-refractivity contribution in [3.63, 3.8) is 0 Å². The van der Waals surface area contributed by atoms with Crippen LogP contribution in [0.25, 0.3) is 0 Å². The molecular formula is C13H14FN3S. The number of nitrogens with zero attached hydrogens (tertiary/aromatic N) is 1. The van der Waals surface area contributed by atoms with E-state index in [1.807, 2.05) is 6.07 Å². The van der Waals surface area contributed by atoms with Crippen molar-refractivity contribution in [1.29, 1.82) is 0 Å². The zero-order valence-corrected chi connectivity index (χ0v) is 10.6. The maximum absolute atomic E-state index is 13.3. The van der Waals surface area contributed by atoms with Gasteiger partial charge in [-0.1, -0.05) is 11.8 Å². The standard InChI is InChI=1S/C13H14FN3S/c14-10-1-4-12(18-13-15-5-6-16-13)9(7-10)8-17-11-2-3-11/h1,4-7,11,17H,2-3,8H2,(H,15,16). The van der Waals surface area contributed by atoms with Gasteiger partial charge in [0.05, 0.1) is 0 Å². The van der Waals surface area contributed by atoms with E-state index in [0.29, 0.717) is 12.6 Å². The lowest BCUT2D eigenvalue weighted by molar-refractivity contribution is 0.616. The van der Waals surface area contributed by atoms with Crippen LogP contribution in [0.5, 0.6) is 0 Å². The molecule has 0 spiro atoms. The number of imidazole rings is 1. The average Bonchev–Trinajstić information content (AvgIpc) is 3.06. The lowest BCUT2D eigenvalue weighted by Crippen LogP contribution is -2.16. The Morgan fingerprint density at radius 2 is 2.33 bits per heavy atom. The molecule has 3 rings (SSSR count). The van der Waals surface area contributed by atoms with E-state index in [1.165, 1.54) is 30.7 Å². The Kier molecular flexibility index (Phi) is 3.34. The third-order valence-electron chi connectivity index (χ3n) is 2.86. The number of nitrogens with one attached hydrogen (secondary N) is 2. The van der Waals surface area contributed by atoms with Crippen LogP contribution in [-0.4, -0.2) is 16.0 Å². The van der Waals surface area contributed by atoms with Crippen molar-refractivity contribution < 1.29 is 4.39 Å². The molecule has 18 heavy (non-hydrogen) atoms. The third-order valence-corrected chi connectivity index (χ3v) is 3.90. The Balaban J connectivity index is 1.77. The number of halogens is 1. The molecule has 0 saturated heterocycles. The van der Waals surface area contributed by atoms with Crippen LogP contribution in [0.4, 0.5) is 4.39 Å². The van der Waals surface area contributed by atoms with E-state index in [1.54, 1.807) is 18.5 Å². The molecule has 5 heteroatoms. The molecule has 2 N–H and O–H groups in total. The minimum absolute atomic E-state index is 0.189. The lowest BCUT2D eigenvalue weighted by Gasteiger charge is -2.09. The van der Waals surface area contributed by atoms with Gasteiger partial charge < -0.3 is 10.3 Å². The summed E-state index contributed by atoms with van der Waals surface area (Å²) in [5.41, 5.74) is 0.989. The summed E-state index contributed by atoms with van der Waals surface area (Å²) in [5.74, 6) is -0.189. The highest BCUT2D eigenvalue weighted by Crippen LogP contribution is 2.29. The van der Waals surface area contributed by atoms with Crippen molar-refractivity contribution in [1.82, 2.24) is 15.3 Å². The molecule has 0 unspecified atom stereocenters. The molecule has 3 nitrogen and oxygen atoms in total. The number of hydrogen-bond donors (Lipinski definition) is 2. The van der Waals surface area contributed by atoms with E-state index in [0.717, 1.165) is 15.6 Å². The molecule has 1 aromatic heterocycles. The van der Waals surface area contributed by atoms with Gasteiger partial charge in [0.1, 0.15) is 5.82 Å². The summed E-state index contributed by atoms with van der Waals surface area (Å²) in [7, 11) is 0. The largest absolute Gasteiger partial charge is 0.339 e. The zero-order valence-electron chi connectivity index (χ0n) is 9.82. The molecule has 0 bridgehead atoms. The number of H-pyrrole nitrogens is 1. The van der Waals surface area contributed by atoms with Gasteiger partial charge in [-0.2, -0.15) is 0 Å². The van der Waals surface area contributed by atoms with Gasteiger partial charge in [-0.3, -0.25) is 0 Å². The fourth-order valence-electron chi connectivity index (χ4n) is 1.74. The van der Waals surface area contributed by atoms with Gasteiger partial charge in [-0.05, 0) is 36.6 Å². The number of rotatable bonds is 5. The van der Waals surface area contributed by atoms with Gasteiger partial charge in [0.25, 0.3) is 0 Å². The Morgan fingerprint density at radius 3 is 3.06 bits per heavy atom. The Hall–Kier alpha value is -1.33. The van der Waals surface area contributed by atoms with Crippen molar-refractivity contribution >= 4 is 11.8 Å². The minimum atomic E-state index is -0.189. The molecule has 1 fully saturated rings. The van der Waals surface area contributed by atoms with E-state index in [4.69, 9.17) is 0 Å². The molecule has 0 atom stereocenters. The summed E-state index contributed by atoms with van der Waals surface area (Å²) >= 11 is 1.53. The summed E-state index contributed by atoms with van der Waals surface area (Å²) < 4.78 is 13.3. The van der Waals surface area contributed by atoms with Crippen molar-refractivity contribution in [3.05, 3.63) is 42.0 Å².